The lowest BCUT2D eigenvalue weighted by molar-refractivity contribution is -0.0425. The van der Waals surface area contributed by atoms with Gasteiger partial charge < -0.3 is 19.4 Å². The largest absolute Gasteiger partial charge is 0.497 e. The Bertz CT molecular complexity index is 857. The molecule has 3 rings (SSSR count). The molecule has 0 bridgehead atoms. The smallest absolute Gasteiger partial charge is 0.322 e. The van der Waals surface area contributed by atoms with E-state index in [4.69, 9.17) is 19.4 Å². The van der Waals surface area contributed by atoms with Gasteiger partial charge in [-0.2, -0.15) is 0 Å². The standard InChI is InChI=1S/C17H15N3O5/c1-24-13-8-6-11(7-9-13)15-19-20-17(25-15)18-14(21)10-2-4-12(5-3-10)16(22)23/h2-9,16,22-23H,1H3,(H,18,20,21). The summed E-state index contributed by atoms with van der Waals surface area (Å²) in [7, 11) is 1.57. The van der Waals surface area contributed by atoms with Crippen molar-refractivity contribution in [1.29, 1.82) is 0 Å². The first-order valence-electron chi connectivity index (χ1n) is 7.32. The number of aromatic nitrogens is 2. The van der Waals surface area contributed by atoms with Gasteiger partial charge in [0.2, 0.25) is 5.89 Å². The molecule has 3 N–H and O–H groups in total. The van der Waals surface area contributed by atoms with Gasteiger partial charge in [-0.1, -0.05) is 17.2 Å². The van der Waals surface area contributed by atoms with Gasteiger partial charge >= 0.3 is 6.01 Å². The molecule has 8 heteroatoms. The molecule has 0 fully saturated rings. The third-order valence-corrected chi connectivity index (χ3v) is 3.45. The van der Waals surface area contributed by atoms with Crippen molar-refractivity contribution in [3.63, 3.8) is 0 Å². The normalized spacial score (nSPS) is 10.7. The van der Waals surface area contributed by atoms with Crippen LogP contribution in [0.15, 0.2) is 52.9 Å². The lowest BCUT2D eigenvalue weighted by Crippen LogP contribution is -2.12. The second kappa shape index (κ2) is 7.12. The van der Waals surface area contributed by atoms with Gasteiger partial charge in [-0.05, 0) is 36.4 Å². The Balaban J connectivity index is 1.70. The van der Waals surface area contributed by atoms with Crippen LogP contribution in [0.3, 0.4) is 0 Å². The van der Waals surface area contributed by atoms with E-state index in [1.165, 1.54) is 24.3 Å². The van der Waals surface area contributed by atoms with Crippen LogP contribution in [-0.4, -0.2) is 33.4 Å². The number of ether oxygens (including phenoxy) is 1. The van der Waals surface area contributed by atoms with Crippen molar-refractivity contribution < 1.29 is 24.2 Å². The molecule has 25 heavy (non-hydrogen) atoms. The van der Waals surface area contributed by atoms with Crippen LogP contribution in [0.25, 0.3) is 11.5 Å². The van der Waals surface area contributed by atoms with Crippen molar-refractivity contribution in [1.82, 2.24) is 10.2 Å². The first kappa shape index (κ1) is 16.6. The Morgan fingerprint density at radius 2 is 1.76 bits per heavy atom. The number of methoxy groups -OCH3 is 1. The lowest BCUT2D eigenvalue weighted by atomic mass is 10.1. The van der Waals surface area contributed by atoms with Gasteiger partial charge in [-0.15, -0.1) is 5.10 Å². The average molecular weight is 341 g/mol. The molecule has 1 amide bonds. The lowest BCUT2D eigenvalue weighted by Gasteiger charge is -2.05. The third-order valence-electron chi connectivity index (χ3n) is 3.45. The highest BCUT2D eigenvalue weighted by Gasteiger charge is 2.13. The Morgan fingerprint density at radius 3 is 2.36 bits per heavy atom. The molecule has 2 aromatic carbocycles. The maximum absolute atomic E-state index is 12.1. The SMILES string of the molecule is COc1ccc(-c2nnc(NC(=O)c3ccc(C(O)O)cc3)o2)cc1. The number of carbonyl (C=O) groups is 1. The van der Waals surface area contributed by atoms with Gasteiger partial charge in [-0.25, -0.2) is 0 Å². The molecule has 0 aliphatic heterocycles. The van der Waals surface area contributed by atoms with E-state index in [1.54, 1.807) is 31.4 Å². The van der Waals surface area contributed by atoms with Crippen LogP contribution in [-0.2, 0) is 0 Å². The monoisotopic (exact) mass is 341 g/mol. The molecule has 1 heterocycles. The van der Waals surface area contributed by atoms with Crippen molar-refractivity contribution in [2.45, 2.75) is 6.29 Å². The summed E-state index contributed by atoms with van der Waals surface area (Å²) < 4.78 is 10.5. The Labute approximate surface area is 142 Å². The zero-order valence-corrected chi connectivity index (χ0v) is 13.2. The number of carbonyl (C=O) groups excluding carboxylic acids is 1. The van der Waals surface area contributed by atoms with E-state index in [0.717, 1.165) is 0 Å². The van der Waals surface area contributed by atoms with Crippen LogP contribution in [0.4, 0.5) is 6.01 Å². The van der Waals surface area contributed by atoms with Gasteiger partial charge in [0, 0.05) is 16.7 Å². The average Bonchev–Trinajstić information content (AvgIpc) is 3.10. The number of aliphatic hydroxyl groups excluding tert-OH is 1. The summed E-state index contributed by atoms with van der Waals surface area (Å²) in [5.41, 5.74) is 1.29. The Kier molecular flexibility index (Phi) is 4.73. The van der Waals surface area contributed by atoms with Crippen molar-refractivity contribution >= 4 is 11.9 Å². The van der Waals surface area contributed by atoms with Crippen molar-refractivity contribution in [3.05, 3.63) is 59.7 Å². The number of hydrogen-bond donors (Lipinski definition) is 3. The van der Waals surface area contributed by atoms with Gasteiger partial charge in [0.1, 0.15) is 5.75 Å². The number of hydrogen-bond acceptors (Lipinski definition) is 7. The van der Waals surface area contributed by atoms with E-state index in [1.807, 2.05) is 0 Å². The molecule has 1 aromatic heterocycles. The van der Waals surface area contributed by atoms with Crippen LogP contribution >= 0.6 is 0 Å². The molecule has 0 radical (unpaired) electrons. The molecule has 0 unspecified atom stereocenters. The highest BCUT2D eigenvalue weighted by atomic mass is 16.5. The minimum atomic E-state index is -1.58. The second-order valence-corrected chi connectivity index (χ2v) is 5.09. The molecular formula is C17H15N3O5. The van der Waals surface area contributed by atoms with Crippen LogP contribution in [0.1, 0.15) is 22.2 Å². The Morgan fingerprint density at radius 1 is 1.08 bits per heavy atom. The summed E-state index contributed by atoms with van der Waals surface area (Å²) >= 11 is 0. The minimum absolute atomic E-state index is 0.0397. The topological polar surface area (TPSA) is 118 Å². The van der Waals surface area contributed by atoms with E-state index in [9.17, 15) is 4.79 Å². The van der Waals surface area contributed by atoms with Gasteiger partial charge in [-0.3, -0.25) is 10.1 Å². The van der Waals surface area contributed by atoms with Gasteiger partial charge in [0.25, 0.3) is 5.91 Å². The number of nitrogens with zero attached hydrogens (tertiary/aromatic N) is 2. The number of anilines is 1. The van der Waals surface area contributed by atoms with Gasteiger partial charge in [0.05, 0.1) is 7.11 Å². The predicted octanol–water partition coefficient (Wildman–Crippen LogP) is 1.98. The summed E-state index contributed by atoms with van der Waals surface area (Å²) in [6.45, 7) is 0. The zero-order chi connectivity index (χ0) is 17.8. The van der Waals surface area contributed by atoms with Crippen molar-refractivity contribution in [2.75, 3.05) is 12.4 Å². The second-order valence-electron chi connectivity index (χ2n) is 5.09. The van der Waals surface area contributed by atoms with Gasteiger partial charge in [0.15, 0.2) is 6.29 Å². The number of rotatable bonds is 5. The van der Waals surface area contributed by atoms with E-state index >= 15 is 0 Å². The molecule has 3 aromatic rings. The summed E-state index contributed by atoms with van der Waals surface area (Å²) in [5.74, 6) is 0.508. The number of benzene rings is 2. The fourth-order valence-electron chi connectivity index (χ4n) is 2.10. The molecule has 0 atom stereocenters. The number of nitrogens with one attached hydrogen (secondary N) is 1. The maximum atomic E-state index is 12.1. The molecule has 0 saturated carbocycles. The summed E-state index contributed by atoms with van der Waals surface area (Å²) in [6.07, 6.45) is -1.58. The van der Waals surface area contributed by atoms with Crippen LogP contribution in [0, 0.1) is 0 Å². The van der Waals surface area contributed by atoms with Crippen LogP contribution in [0.5, 0.6) is 5.75 Å². The summed E-state index contributed by atoms with van der Waals surface area (Å²) in [5, 5.41) is 28.3. The quantitative estimate of drug-likeness (QED) is 0.607. The highest BCUT2D eigenvalue weighted by Crippen LogP contribution is 2.22. The molecule has 8 nitrogen and oxygen atoms in total. The highest BCUT2D eigenvalue weighted by molar-refractivity contribution is 6.03. The number of aliphatic hydroxyl groups is 2. The van der Waals surface area contributed by atoms with Crippen molar-refractivity contribution in [3.8, 4) is 17.2 Å². The van der Waals surface area contributed by atoms with E-state index in [0.29, 0.717) is 16.9 Å². The minimum Gasteiger partial charge on any atom is -0.497 e. The fraction of sp³-hybridized carbons (Fsp3) is 0.118. The molecule has 0 aliphatic rings. The zero-order valence-electron chi connectivity index (χ0n) is 13.2. The first-order valence-corrected chi connectivity index (χ1v) is 7.32. The molecule has 128 valence electrons. The Hall–Kier alpha value is -3.23. The molecule has 0 spiro atoms. The van der Waals surface area contributed by atoms with Crippen LogP contribution in [0.2, 0.25) is 0 Å². The van der Waals surface area contributed by atoms with Crippen molar-refractivity contribution in [2.24, 2.45) is 0 Å². The molecule has 0 saturated heterocycles. The van der Waals surface area contributed by atoms with E-state index in [2.05, 4.69) is 15.5 Å². The number of amides is 1. The molecule has 0 aliphatic carbocycles. The maximum Gasteiger partial charge on any atom is 0.322 e. The predicted molar refractivity (Wildman–Crippen MR) is 87.9 cm³/mol. The van der Waals surface area contributed by atoms with Crippen LogP contribution < -0.4 is 10.1 Å². The summed E-state index contributed by atoms with van der Waals surface area (Å²) in [4.78, 5) is 12.1. The third kappa shape index (κ3) is 3.82. The fourth-order valence-corrected chi connectivity index (χ4v) is 2.10. The molecular weight excluding hydrogens is 326 g/mol. The van der Waals surface area contributed by atoms with E-state index < -0.39 is 12.2 Å². The first-order chi connectivity index (χ1) is 12.1. The summed E-state index contributed by atoms with van der Waals surface area (Å²) in [6, 6.07) is 12.8. The van der Waals surface area contributed by atoms with E-state index in [-0.39, 0.29) is 17.5 Å².